The SMILES string of the molecule is C1=NCc2ccsc21.CC(C)(C)OC(=O)CBr.CC(C)(C)OC(=O)Cn1nc(I)c2sccc21.IC1=NCc2ccsc21.NC(=O)c1nn(CC(=O)O)c2ccsc12.O=C(Cc1cccc(-c2ccccc2Cl)c1F)[C@@H]1C[C@@H](F)CN1NCl.O=Cc1sccc1Br.[C-]#[N+]c1nn(CC(=O)OC(C)(C)C)c2ccsc12. The second-order valence-corrected chi connectivity index (χ2v) is 35.6. The Morgan fingerprint density at radius 1 is 0.716 bits per heavy atom. The highest BCUT2D eigenvalue weighted by molar-refractivity contribution is 14.1. The molecule has 23 nitrogen and oxygen atoms in total. The number of fused-ring (bicyclic) bond motifs is 5. The normalized spacial score (nSPS) is 13.9. The maximum absolute atomic E-state index is 14.9. The van der Waals surface area contributed by atoms with Crippen molar-refractivity contribution in [2.24, 2.45) is 15.7 Å². The zero-order valence-corrected chi connectivity index (χ0v) is 73.6. The van der Waals surface area contributed by atoms with Crippen molar-refractivity contribution in [2.75, 3.05) is 11.9 Å². The summed E-state index contributed by atoms with van der Waals surface area (Å²) in [6, 6.07) is 22.7. The van der Waals surface area contributed by atoms with E-state index in [1.807, 2.05) is 103 Å². The van der Waals surface area contributed by atoms with Gasteiger partial charge in [-0.2, -0.15) is 31.2 Å². The van der Waals surface area contributed by atoms with E-state index in [4.69, 9.17) is 55.0 Å². The van der Waals surface area contributed by atoms with Crippen LogP contribution in [0.4, 0.5) is 14.6 Å². The van der Waals surface area contributed by atoms with Crippen molar-refractivity contribution in [3.8, 4) is 11.1 Å². The van der Waals surface area contributed by atoms with Crippen LogP contribution in [0.5, 0.6) is 0 Å². The molecule has 2 atom stereocenters. The molecule has 0 unspecified atom stereocenters. The fourth-order valence-electron chi connectivity index (χ4n) is 9.91. The first-order valence-electron chi connectivity index (χ1n) is 32.4. The van der Waals surface area contributed by atoms with Crippen molar-refractivity contribution < 1.29 is 61.7 Å². The lowest BCUT2D eigenvalue weighted by molar-refractivity contribution is -0.156. The number of thiophene rings is 6. The number of aromatic nitrogens is 6. The van der Waals surface area contributed by atoms with E-state index in [0.29, 0.717) is 32.2 Å². The minimum atomic E-state index is -1.14. The smallest absolute Gasteiger partial charge is 0.330 e. The van der Waals surface area contributed by atoms with Crippen LogP contribution in [0.3, 0.4) is 0 Å². The first-order valence-corrected chi connectivity index (χ1v) is 42.5. The van der Waals surface area contributed by atoms with Gasteiger partial charge in [-0.15, -0.1) is 56.7 Å². The van der Waals surface area contributed by atoms with Gasteiger partial charge in [0.25, 0.3) is 5.91 Å². The molecule has 11 aromatic rings. The molecule has 3 aliphatic heterocycles. The number of carboxylic acids is 1. The number of alkyl halides is 2. The van der Waals surface area contributed by atoms with Gasteiger partial charge in [-0.3, -0.25) is 48.1 Å². The van der Waals surface area contributed by atoms with E-state index in [0.717, 1.165) is 52.9 Å². The number of aliphatic imine (C=N–C) groups is 2. The average Bonchev–Trinajstić information content (AvgIpc) is 1.73. The Kier molecular flexibility index (Phi) is 34.3. The van der Waals surface area contributed by atoms with Crippen LogP contribution < -0.4 is 10.7 Å². The second kappa shape index (κ2) is 41.8. The summed E-state index contributed by atoms with van der Waals surface area (Å²) in [5.74, 6) is -2.94. The fourth-order valence-corrected chi connectivity index (χ4v) is 17.6. The number of esters is 3. The van der Waals surface area contributed by atoms with Gasteiger partial charge >= 0.3 is 29.7 Å². The number of halogens is 8. The van der Waals surface area contributed by atoms with E-state index < -0.39 is 41.1 Å². The van der Waals surface area contributed by atoms with E-state index in [2.05, 4.69) is 135 Å². The molecular formula is C72H72Br2Cl2F2I2N12O11S6. The standard InChI is InChI=1S/C18H16Cl2F2N2O.C12H13N3O2S.C11H13IN2O2S.C8H7N3O3S.C6H11BrO2.C6H4INS.C6H5NS.C5H3BrOS/c19-15-7-2-1-5-13(15)14-6-3-4-11(18(14)22)8-17(25)16-9-12(21)10-24(16)23-20;1-12(2,3)17-9(16)7-15-8-5-6-18-10(8)11(13-4)14-15;1-11(2,3)16-8(15)6-14-7-4-5-17-9(7)10(12)13-14;9-8(14)6-7-4(1-2-15-7)11(10-6)3-5(12)13;1-6(2,3)9-5(8)4-7;7-6-5-4(3-8-6)1-2-9-5;1-2-8-6-4-7-3-5(1)6;6-4-1-2-8-5(4)3-7/h1-7,12,16,23H,8-10H2;5-6H,7H2,1-3H3;4-5H,6H2,1-3H3;1-2H,3H2,(H2,9,14)(H,12,13);4H2,1-3H3;1-2H,3H2;1-2,4H,3H2;1-3H/t12-,16+;;;;;;;/m1......./s1. The molecule has 12 heterocycles. The van der Waals surface area contributed by atoms with Crippen LogP contribution >= 0.6 is 168 Å². The van der Waals surface area contributed by atoms with Crippen molar-refractivity contribution >= 4 is 257 Å². The lowest BCUT2D eigenvalue weighted by Gasteiger charge is -2.20. The van der Waals surface area contributed by atoms with Crippen LogP contribution in [0.15, 0.2) is 126 Å². The number of ether oxygens (including phenoxy) is 3. The lowest BCUT2D eigenvalue weighted by atomic mass is 9.97. The molecule has 0 spiro atoms. The predicted octanol–water partition coefficient (Wildman–Crippen LogP) is 18.8. The topological polar surface area (TPSA) is 291 Å². The van der Waals surface area contributed by atoms with E-state index in [1.54, 1.807) is 92.6 Å². The van der Waals surface area contributed by atoms with Gasteiger partial charge in [0.1, 0.15) is 54.6 Å². The highest BCUT2D eigenvalue weighted by Crippen LogP contribution is 2.34. The zero-order valence-electron chi connectivity index (χ0n) is 59.7. The molecule has 1 amide bonds. The first-order chi connectivity index (χ1) is 51.5. The molecule has 2 aromatic carbocycles. The summed E-state index contributed by atoms with van der Waals surface area (Å²) in [6.45, 7) is 25.3. The number of benzene rings is 2. The number of hydrogen-bond donors (Lipinski definition) is 3. The van der Waals surface area contributed by atoms with Crippen LogP contribution in [0, 0.1) is 16.1 Å². The molecule has 9 aromatic heterocycles. The quantitative estimate of drug-likeness (QED) is 0.0173. The summed E-state index contributed by atoms with van der Waals surface area (Å²) in [4.78, 5) is 95.6. The van der Waals surface area contributed by atoms with Gasteiger partial charge < -0.3 is 29.9 Å². The predicted molar refractivity (Wildman–Crippen MR) is 455 cm³/mol. The molecule has 109 heavy (non-hydrogen) atoms. The Balaban J connectivity index is 0.000000179. The Bertz CT molecular complexity index is 5090. The summed E-state index contributed by atoms with van der Waals surface area (Å²) >= 11 is 31.7. The summed E-state index contributed by atoms with van der Waals surface area (Å²) in [5.41, 5.74) is 10.3. The number of hydrazine groups is 1. The third-order valence-electron chi connectivity index (χ3n) is 14.2. The molecule has 3 aliphatic rings. The number of aliphatic carboxylic acids is 1. The number of ketones is 1. The van der Waals surface area contributed by atoms with Gasteiger partial charge in [0.05, 0.1) is 59.5 Å². The van der Waals surface area contributed by atoms with Crippen LogP contribution in [0.1, 0.15) is 115 Å². The number of aldehydes is 1. The van der Waals surface area contributed by atoms with Crippen LogP contribution in [0.2, 0.25) is 5.02 Å². The first kappa shape index (κ1) is 89.6. The Labute approximate surface area is 704 Å². The summed E-state index contributed by atoms with van der Waals surface area (Å²) in [6.07, 6.45) is 1.55. The number of nitrogens with zero attached hydrogens (tertiary/aromatic N) is 10. The Morgan fingerprint density at radius 3 is 1.81 bits per heavy atom. The Morgan fingerprint density at radius 2 is 1.27 bits per heavy atom. The summed E-state index contributed by atoms with van der Waals surface area (Å²) in [7, 11) is 0. The molecule has 578 valence electrons. The maximum atomic E-state index is 14.9. The van der Waals surface area contributed by atoms with Gasteiger partial charge in [0.2, 0.25) is 0 Å². The van der Waals surface area contributed by atoms with E-state index in [-0.39, 0.29) is 84.9 Å². The molecule has 0 bridgehead atoms. The third kappa shape index (κ3) is 27.0. The number of carboxylic acid groups (broad SMARTS) is 1. The van der Waals surface area contributed by atoms with Crippen molar-refractivity contribution in [2.45, 2.75) is 137 Å². The van der Waals surface area contributed by atoms with Crippen molar-refractivity contribution in [3.05, 3.63) is 179 Å². The molecule has 0 radical (unpaired) electrons. The number of amides is 1. The molecular weight excluding hydrogens is 1920 g/mol. The average molecular weight is 2000 g/mol. The number of nitrogens with one attached hydrogen (secondary N) is 1. The van der Waals surface area contributed by atoms with Gasteiger partial charge in [0, 0.05) is 51.1 Å². The maximum Gasteiger partial charge on any atom is 0.330 e. The molecule has 1 saturated heterocycles. The van der Waals surface area contributed by atoms with Gasteiger partial charge in [-0.25, -0.2) is 18.6 Å². The minimum Gasteiger partial charge on any atom is -0.480 e. The van der Waals surface area contributed by atoms with Crippen LogP contribution in [-0.2, 0) is 77.3 Å². The molecule has 1 fully saturated rings. The largest absolute Gasteiger partial charge is 0.480 e. The fraction of sp³-hybridized carbons (Fsp3) is 0.319. The second-order valence-electron chi connectivity index (χ2n) is 26.0. The summed E-state index contributed by atoms with van der Waals surface area (Å²) < 4.78 is 53.9. The molecule has 37 heteroatoms. The number of nitrogens with two attached hydrogens (primary N) is 1. The number of rotatable bonds is 14. The molecule has 4 N–H and O–H groups in total. The molecule has 0 saturated carbocycles. The van der Waals surface area contributed by atoms with Gasteiger partial charge in [0.15, 0.2) is 24.3 Å². The lowest BCUT2D eigenvalue weighted by Crippen LogP contribution is -2.42. The Hall–Kier alpha value is -6.65. The molecule has 14 rings (SSSR count). The van der Waals surface area contributed by atoms with Crippen LogP contribution in [-0.4, -0.2) is 132 Å². The van der Waals surface area contributed by atoms with Crippen molar-refractivity contribution in [3.63, 3.8) is 0 Å². The zero-order chi connectivity index (χ0) is 80.1. The highest BCUT2D eigenvalue weighted by atomic mass is 127. The highest BCUT2D eigenvalue weighted by Gasteiger charge is 2.37. The summed E-state index contributed by atoms with van der Waals surface area (Å²) in [5, 5.41) is 34.7. The van der Waals surface area contributed by atoms with Gasteiger partial charge in [-0.1, -0.05) is 70.5 Å². The van der Waals surface area contributed by atoms with Crippen LogP contribution in [0.25, 0.3) is 46.6 Å². The van der Waals surface area contributed by atoms with Crippen molar-refractivity contribution in [1.29, 1.82) is 0 Å². The van der Waals surface area contributed by atoms with E-state index in [1.165, 1.54) is 73.0 Å². The number of carbonyl (C=O) groups excluding carboxylic acids is 6. The number of carbonyl (C=O) groups is 7. The monoisotopic (exact) mass is 1990 g/mol. The third-order valence-corrected chi connectivity index (χ3v) is 24.0. The minimum absolute atomic E-state index is 0.0278. The molecule has 0 aliphatic carbocycles. The van der Waals surface area contributed by atoms with E-state index in [9.17, 15) is 42.3 Å². The van der Waals surface area contributed by atoms with E-state index >= 15 is 0 Å². The van der Waals surface area contributed by atoms with Crippen molar-refractivity contribution in [1.82, 2.24) is 39.3 Å². The number of Topliss-reactive ketones (excluding diaryl/α,β-unsaturated/α-hetero) is 1. The number of primary amides is 1. The van der Waals surface area contributed by atoms with Gasteiger partial charge in [-0.05, 0) is 232 Å². The number of hydrogen-bond acceptors (Lipinski definition) is 23.